The molecular formula is C33H52N6O. The van der Waals surface area contributed by atoms with Gasteiger partial charge in [-0.1, -0.05) is 138 Å². The third kappa shape index (κ3) is 19.5. The van der Waals surface area contributed by atoms with Gasteiger partial charge >= 0.3 is 0 Å². The van der Waals surface area contributed by atoms with Gasteiger partial charge in [-0.05, 0) is 25.7 Å². The number of benzene rings is 2. The highest BCUT2D eigenvalue weighted by molar-refractivity contribution is 6.08. The summed E-state index contributed by atoms with van der Waals surface area (Å²) in [6.07, 6.45) is 12.4. The summed E-state index contributed by atoms with van der Waals surface area (Å²) in [4.78, 5) is 11.8. The molecule has 220 valence electrons. The molecule has 0 N–H and O–H groups in total. The van der Waals surface area contributed by atoms with Crippen LogP contribution in [0.5, 0.6) is 0 Å². The van der Waals surface area contributed by atoms with Crippen molar-refractivity contribution in [3.8, 4) is 0 Å². The Morgan fingerprint density at radius 2 is 0.975 bits per heavy atom. The van der Waals surface area contributed by atoms with Gasteiger partial charge in [-0.25, -0.2) is 0 Å². The summed E-state index contributed by atoms with van der Waals surface area (Å²) in [5.74, 6) is 1.87. The van der Waals surface area contributed by atoms with E-state index in [1.165, 1.54) is 25.7 Å². The molecule has 0 unspecified atom stereocenters. The molecule has 7 nitrogen and oxygen atoms in total. The zero-order valence-electron chi connectivity index (χ0n) is 26.1. The number of hydrogen-bond donors (Lipinski definition) is 0. The molecule has 0 fully saturated rings. The molecule has 4 rings (SSSR count). The van der Waals surface area contributed by atoms with Crippen LogP contribution >= 0.6 is 0 Å². The Morgan fingerprint density at radius 3 is 1.15 bits per heavy atom. The molecule has 2 aromatic carbocycles. The minimum Gasteiger partial charge on any atom is -0.289 e. The number of ketones is 1. The van der Waals surface area contributed by atoms with Crippen LogP contribution in [0.4, 0.5) is 0 Å². The number of rotatable bonds is 8. The number of hydrogen-bond acceptors (Lipinski definition) is 5. The van der Waals surface area contributed by atoms with Crippen LogP contribution in [0, 0.1) is 11.8 Å². The lowest BCUT2D eigenvalue weighted by atomic mass is 10.0. The molecular weight excluding hydrogens is 496 g/mol. The molecule has 0 aliphatic heterocycles. The van der Waals surface area contributed by atoms with Gasteiger partial charge in [0.05, 0.1) is 12.4 Å². The average Bonchev–Trinajstić information content (AvgIpc) is 3.70. The van der Waals surface area contributed by atoms with E-state index in [-0.39, 0.29) is 5.78 Å². The first kappa shape index (κ1) is 36.4. The summed E-state index contributed by atoms with van der Waals surface area (Å²) < 4.78 is 3.53. The SMILES string of the molecule is CCCC(C)C.CCCC(C)C.CCn1ccnn1.CCn1ccnn1.O=C(c1ccccc1)c1ccccc1. The zero-order chi connectivity index (χ0) is 30.0. The van der Waals surface area contributed by atoms with E-state index >= 15 is 0 Å². The standard InChI is InChI=1S/C13H10O.2C6H14.2C4H7N3/c14-13(11-7-3-1-4-8-11)12-9-5-2-6-10-12;2*1-4-5-6(2)3;2*1-2-7-4-3-5-6-7/h1-10H;2*6H,4-5H2,1-3H3;2*3-4H,2H2,1H3. The van der Waals surface area contributed by atoms with Crippen molar-refractivity contribution in [2.75, 3.05) is 0 Å². The third-order valence-electron chi connectivity index (χ3n) is 5.40. The molecule has 4 aromatic rings. The van der Waals surface area contributed by atoms with Crippen LogP contribution < -0.4 is 0 Å². The van der Waals surface area contributed by atoms with Gasteiger partial charge in [0.2, 0.25) is 0 Å². The molecule has 0 aliphatic rings. The highest BCUT2D eigenvalue weighted by Gasteiger charge is 2.06. The lowest BCUT2D eigenvalue weighted by Gasteiger charge is -1.99. The van der Waals surface area contributed by atoms with Gasteiger partial charge in [0.15, 0.2) is 5.78 Å². The monoisotopic (exact) mass is 548 g/mol. The van der Waals surface area contributed by atoms with Gasteiger partial charge in [-0.15, -0.1) is 10.2 Å². The number of nitrogens with zero attached hydrogens (tertiary/aromatic N) is 6. The summed E-state index contributed by atoms with van der Waals surface area (Å²) >= 11 is 0. The van der Waals surface area contributed by atoms with Gasteiger partial charge in [-0.3, -0.25) is 14.2 Å². The van der Waals surface area contributed by atoms with Crippen molar-refractivity contribution in [3.63, 3.8) is 0 Å². The predicted octanol–water partition coefficient (Wildman–Crippen LogP) is 8.40. The van der Waals surface area contributed by atoms with Gasteiger partial charge in [0.25, 0.3) is 0 Å². The predicted molar refractivity (Wildman–Crippen MR) is 167 cm³/mol. The normalized spacial score (nSPS) is 9.65. The Bertz CT molecular complexity index is 961. The second kappa shape index (κ2) is 24.4. The lowest BCUT2D eigenvalue weighted by molar-refractivity contribution is 0.103. The van der Waals surface area contributed by atoms with Crippen LogP contribution in [-0.4, -0.2) is 35.8 Å². The van der Waals surface area contributed by atoms with Crippen molar-refractivity contribution in [2.45, 2.75) is 94.2 Å². The Labute approximate surface area is 243 Å². The van der Waals surface area contributed by atoms with Crippen molar-refractivity contribution in [1.29, 1.82) is 0 Å². The molecule has 0 saturated heterocycles. The Balaban J connectivity index is 0.000000505. The second-order valence-corrected chi connectivity index (χ2v) is 9.94. The van der Waals surface area contributed by atoms with Crippen LogP contribution in [0.15, 0.2) is 85.5 Å². The molecule has 0 bridgehead atoms. The van der Waals surface area contributed by atoms with E-state index < -0.39 is 0 Å². The first-order valence-corrected chi connectivity index (χ1v) is 14.6. The number of aryl methyl sites for hydroxylation is 2. The smallest absolute Gasteiger partial charge is 0.193 e. The van der Waals surface area contributed by atoms with Crippen molar-refractivity contribution in [2.24, 2.45) is 11.8 Å². The van der Waals surface area contributed by atoms with Crippen molar-refractivity contribution in [3.05, 3.63) is 96.6 Å². The Kier molecular flexibility index (Phi) is 22.2. The van der Waals surface area contributed by atoms with E-state index in [0.29, 0.717) is 0 Å². The lowest BCUT2D eigenvalue weighted by Crippen LogP contribution is -1.99. The van der Waals surface area contributed by atoms with Crippen LogP contribution in [-0.2, 0) is 13.1 Å². The zero-order valence-corrected chi connectivity index (χ0v) is 26.1. The Hall–Kier alpha value is -3.61. The third-order valence-corrected chi connectivity index (χ3v) is 5.40. The highest BCUT2D eigenvalue weighted by atomic mass is 16.1. The molecule has 40 heavy (non-hydrogen) atoms. The quantitative estimate of drug-likeness (QED) is 0.207. The van der Waals surface area contributed by atoms with Crippen LogP contribution in [0.1, 0.15) is 97.0 Å². The van der Waals surface area contributed by atoms with E-state index in [0.717, 1.165) is 36.1 Å². The van der Waals surface area contributed by atoms with E-state index in [4.69, 9.17) is 0 Å². The van der Waals surface area contributed by atoms with Crippen molar-refractivity contribution < 1.29 is 4.79 Å². The molecule has 0 spiro atoms. The maximum atomic E-state index is 11.8. The van der Waals surface area contributed by atoms with E-state index in [9.17, 15) is 4.79 Å². The summed E-state index contributed by atoms with van der Waals surface area (Å²) in [5, 5.41) is 14.6. The van der Waals surface area contributed by atoms with Gasteiger partial charge in [-0.2, -0.15) is 0 Å². The van der Waals surface area contributed by atoms with Gasteiger partial charge in [0.1, 0.15) is 0 Å². The van der Waals surface area contributed by atoms with E-state index in [1.807, 2.05) is 86.9 Å². The fourth-order valence-corrected chi connectivity index (χ4v) is 3.30. The minimum atomic E-state index is 0.0752. The summed E-state index contributed by atoms with van der Waals surface area (Å²) in [7, 11) is 0. The van der Waals surface area contributed by atoms with E-state index in [1.54, 1.807) is 21.8 Å². The summed E-state index contributed by atoms with van der Waals surface area (Å²) in [6.45, 7) is 19.3. The number of aromatic nitrogens is 6. The highest BCUT2D eigenvalue weighted by Crippen LogP contribution is 2.08. The molecule has 0 aliphatic carbocycles. The fourth-order valence-electron chi connectivity index (χ4n) is 3.30. The van der Waals surface area contributed by atoms with Gasteiger partial charge in [0, 0.05) is 36.6 Å². The first-order chi connectivity index (χ1) is 19.3. The molecule has 2 heterocycles. The Morgan fingerprint density at radius 1 is 0.625 bits per heavy atom. The maximum Gasteiger partial charge on any atom is 0.193 e. The fraction of sp³-hybridized carbons (Fsp3) is 0.485. The number of carbonyl (C=O) groups excluding carboxylic acids is 1. The topological polar surface area (TPSA) is 78.5 Å². The maximum absolute atomic E-state index is 11.8. The summed E-state index contributed by atoms with van der Waals surface area (Å²) in [5.41, 5.74) is 1.47. The van der Waals surface area contributed by atoms with Crippen LogP contribution in [0.3, 0.4) is 0 Å². The first-order valence-electron chi connectivity index (χ1n) is 14.6. The molecule has 7 heteroatoms. The molecule has 0 saturated carbocycles. The summed E-state index contributed by atoms with van der Waals surface area (Å²) in [6, 6.07) is 18.6. The average molecular weight is 549 g/mol. The largest absolute Gasteiger partial charge is 0.289 e. The van der Waals surface area contributed by atoms with Crippen molar-refractivity contribution >= 4 is 5.78 Å². The van der Waals surface area contributed by atoms with Gasteiger partial charge < -0.3 is 0 Å². The number of carbonyl (C=O) groups is 1. The minimum absolute atomic E-state index is 0.0752. The van der Waals surface area contributed by atoms with Crippen molar-refractivity contribution in [1.82, 2.24) is 30.0 Å². The second-order valence-electron chi connectivity index (χ2n) is 9.94. The molecule has 2 aromatic heterocycles. The van der Waals surface area contributed by atoms with Crippen LogP contribution in [0.2, 0.25) is 0 Å². The molecule has 0 atom stereocenters. The van der Waals surface area contributed by atoms with E-state index in [2.05, 4.69) is 62.2 Å². The molecule has 0 radical (unpaired) electrons. The molecule has 0 amide bonds. The van der Waals surface area contributed by atoms with Crippen LogP contribution in [0.25, 0.3) is 0 Å².